The smallest absolute Gasteiger partial charge is 0.0395 e. The molecule has 0 radical (unpaired) electrons. The van der Waals surface area contributed by atoms with Crippen LogP contribution in [-0.4, -0.2) is 13.1 Å². The predicted molar refractivity (Wildman–Crippen MR) is 56.1 cm³/mol. The molecule has 0 spiro atoms. The van der Waals surface area contributed by atoms with Gasteiger partial charge in [-0.15, -0.1) is 0 Å². The zero-order valence-corrected chi connectivity index (χ0v) is 8.48. The summed E-state index contributed by atoms with van der Waals surface area (Å²) < 4.78 is 0. The summed E-state index contributed by atoms with van der Waals surface area (Å²) in [6, 6.07) is 8.64. The summed E-state index contributed by atoms with van der Waals surface area (Å²) in [5.74, 6) is 0. The second-order valence-corrected chi connectivity index (χ2v) is 3.48. The van der Waals surface area contributed by atoms with Gasteiger partial charge in [-0.1, -0.05) is 18.2 Å². The highest BCUT2D eigenvalue weighted by Gasteiger charge is 2.12. The molecule has 0 atom stereocenters. The minimum absolute atomic E-state index is 1.24. The van der Waals surface area contributed by atoms with Crippen LogP contribution in [0.25, 0.3) is 0 Å². The van der Waals surface area contributed by atoms with Crippen LogP contribution < -0.4 is 4.90 Å². The fourth-order valence-electron chi connectivity index (χ4n) is 1.88. The highest BCUT2D eigenvalue weighted by atomic mass is 15.1. The lowest BCUT2D eigenvalue weighted by Gasteiger charge is -2.19. The molecule has 1 aromatic rings. The lowest BCUT2D eigenvalue weighted by Crippen LogP contribution is -2.18. The average molecular weight is 189 g/mol. The van der Waals surface area contributed by atoms with E-state index in [9.17, 15) is 0 Å². The van der Waals surface area contributed by atoms with E-state index in [0.717, 1.165) is 0 Å². The number of benzene rings is 1. The maximum absolute atomic E-state index is 6.00. The molecule has 3 nitrogen and oxygen atoms in total. The van der Waals surface area contributed by atoms with Crippen LogP contribution in [0.15, 0.2) is 24.3 Å². The van der Waals surface area contributed by atoms with Gasteiger partial charge in [0.05, 0.1) is 0 Å². The molecule has 1 fully saturated rings. The first-order valence-corrected chi connectivity index (χ1v) is 4.88. The standard InChI is InChI=1S/C11H15N.N2/c1-10-6-2-3-7-11(10)12-8-4-5-9-12;1-2/h2-3,6-7H,4-5,8-9H2,1H3;. The molecular weight excluding hydrogens is 174 g/mol. The van der Waals surface area contributed by atoms with Crippen LogP contribution in [-0.2, 0) is 0 Å². The Morgan fingerprint density at radius 1 is 1.07 bits per heavy atom. The molecule has 3 heteroatoms. The van der Waals surface area contributed by atoms with Crippen molar-refractivity contribution in [1.29, 1.82) is 10.8 Å². The number of hydrogen-bond donors (Lipinski definition) is 0. The summed E-state index contributed by atoms with van der Waals surface area (Å²) in [4.78, 5) is 2.48. The SMILES string of the molecule is Cc1ccccc1N1CCCC1.N#N. The third kappa shape index (κ3) is 2.23. The lowest BCUT2D eigenvalue weighted by molar-refractivity contribution is 0.949. The average Bonchev–Trinajstić information content (AvgIpc) is 2.75. The normalized spacial score (nSPS) is 14.6. The van der Waals surface area contributed by atoms with Gasteiger partial charge in [0.25, 0.3) is 0 Å². The fraction of sp³-hybridized carbons (Fsp3) is 0.455. The summed E-state index contributed by atoms with van der Waals surface area (Å²) in [5.41, 5.74) is 2.83. The van der Waals surface area contributed by atoms with Crippen molar-refractivity contribution < 1.29 is 0 Å². The highest BCUT2D eigenvalue weighted by Crippen LogP contribution is 2.23. The summed E-state index contributed by atoms with van der Waals surface area (Å²) in [6.07, 6.45) is 2.71. The molecule has 1 aliphatic heterocycles. The first kappa shape index (κ1) is 10.5. The first-order valence-electron chi connectivity index (χ1n) is 4.88. The Morgan fingerprint density at radius 2 is 1.64 bits per heavy atom. The second-order valence-electron chi connectivity index (χ2n) is 3.48. The van der Waals surface area contributed by atoms with Gasteiger partial charge in [-0.2, -0.15) is 0 Å². The first-order chi connectivity index (χ1) is 6.88. The van der Waals surface area contributed by atoms with Crippen LogP contribution in [0.2, 0.25) is 0 Å². The summed E-state index contributed by atoms with van der Waals surface area (Å²) in [5, 5.41) is 12.0. The molecule has 1 heterocycles. The van der Waals surface area contributed by atoms with Gasteiger partial charge in [0.1, 0.15) is 0 Å². The largest absolute Gasteiger partial charge is 0.371 e. The third-order valence-corrected chi connectivity index (χ3v) is 2.56. The van der Waals surface area contributed by atoms with Crippen LogP contribution in [0.3, 0.4) is 0 Å². The Balaban J connectivity index is 0.000000461. The monoisotopic (exact) mass is 189 g/mol. The van der Waals surface area contributed by atoms with E-state index in [1.165, 1.54) is 37.2 Å². The molecule has 74 valence electrons. The summed E-state index contributed by atoms with van der Waals surface area (Å²) >= 11 is 0. The quantitative estimate of drug-likeness (QED) is 0.638. The molecule has 0 aromatic heterocycles. The van der Waals surface area contributed by atoms with Crippen molar-refractivity contribution >= 4 is 5.69 Å². The van der Waals surface area contributed by atoms with Gasteiger partial charge in [-0.3, -0.25) is 0 Å². The zero-order valence-electron chi connectivity index (χ0n) is 8.48. The molecule has 1 saturated heterocycles. The lowest BCUT2D eigenvalue weighted by atomic mass is 10.2. The van der Waals surface area contributed by atoms with Gasteiger partial charge in [0.15, 0.2) is 0 Å². The number of rotatable bonds is 1. The molecule has 0 unspecified atom stereocenters. The number of nitrogens with zero attached hydrogens (tertiary/aromatic N) is 3. The minimum atomic E-state index is 1.24. The van der Waals surface area contributed by atoms with E-state index in [4.69, 9.17) is 10.8 Å². The van der Waals surface area contributed by atoms with Crippen LogP contribution in [0.1, 0.15) is 18.4 Å². The maximum atomic E-state index is 6.00. The molecule has 14 heavy (non-hydrogen) atoms. The van der Waals surface area contributed by atoms with E-state index in [1.54, 1.807) is 0 Å². The Morgan fingerprint density at radius 3 is 2.21 bits per heavy atom. The molecule has 0 saturated carbocycles. The van der Waals surface area contributed by atoms with E-state index in [-0.39, 0.29) is 0 Å². The number of anilines is 1. The van der Waals surface area contributed by atoms with Crippen molar-refractivity contribution in [3.63, 3.8) is 0 Å². The van der Waals surface area contributed by atoms with Crippen LogP contribution >= 0.6 is 0 Å². The van der Waals surface area contributed by atoms with Crippen LogP contribution in [0.4, 0.5) is 5.69 Å². The van der Waals surface area contributed by atoms with Crippen molar-refractivity contribution in [3.8, 4) is 0 Å². The van der Waals surface area contributed by atoms with Crippen molar-refractivity contribution in [3.05, 3.63) is 29.8 Å². The third-order valence-electron chi connectivity index (χ3n) is 2.56. The number of aryl methyl sites for hydroxylation is 1. The minimum Gasteiger partial charge on any atom is -0.371 e. The molecule has 0 aliphatic carbocycles. The Kier molecular flexibility index (Phi) is 3.93. The highest BCUT2D eigenvalue weighted by molar-refractivity contribution is 5.53. The van der Waals surface area contributed by atoms with Gasteiger partial charge in [-0.05, 0) is 31.4 Å². The Labute approximate surface area is 84.8 Å². The van der Waals surface area contributed by atoms with Crippen molar-refractivity contribution in [2.75, 3.05) is 18.0 Å². The summed E-state index contributed by atoms with van der Waals surface area (Å²) in [6.45, 7) is 4.67. The van der Waals surface area contributed by atoms with Crippen molar-refractivity contribution in [1.82, 2.24) is 0 Å². The van der Waals surface area contributed by atoms with Gasteiger partial charge < -0.3 is 4.90 Å². The zero-order chi connectivity index (χ0) is 10.4. The molecular formula is C11H15N3. The van der Waals surface area contributed by atoms with Crippen molar-refractivity contribution in [2.24, 2.45) is 0 Å². The second kappa shape index (κ2) is 5.23. The Hall–Kier alpha value is -1.56. The van der Waals surface area contributed by atoms with Gasteiger partial charge in [-0.25, -0.2) is 0 Å². The fourth-order valence-corrected chi connectivity index (χ4v) is 1.88. The number of hydrogen-bond acceptors (Lipinski definition) is 3. The summed E-state index contributed by atoms with van der Waals surface area (Å²) in [7, 11) is 0. The maximum Gasteiger partial charge on any atom is 0.0395 e. The van der Waals surface area contributed by atoms with Crippen molar-refractivity contribution in [2.45, 2.75) is 19.8 Å². The molecule has 1 aliphatic rings. The molecule has 0 amide bonds. The molecule has 2 rings (SSSR count). The molecule has 1 aromatic carbocycles. The van der Waals surface area contributed by atoms with Crippen LogP contribution in [0.5, 0.6) is 0 Å². The van der Waals surface area contributed by atoms with E-state index in [0.29, 0.717) is 0 Å². The topological polar surface area (TPSA) is 50.8 Å². The number of para-hydroxylation sites is 1. The van der Waals surface area contributed by atoms with Gasteiger partial charge >= 0.3 is 0 Å². The van der Waals surface area contributed by atoms with Gasteiger partial charge in [0, 0.05) is 29.6 Å². The van der Waals surface area contributed by atoms with E-state index < -0.39 is 0 Å². The predicted octanol–water partition coefficient (Wildman–Crippen LogP) is 2.63. The molecule has 0 N–H and O–H groups in total. The molecule has 0 bridgehead atoms. The van der Waals surface area contributed by atoms with E-state index >= 15 is 0 Å². The van der Waals surface area contributed by atoms with Crippen LogP contribution in [0, 0.1) is 17.7 Å². The van der Waals surface area contributed by atoms with E-state index in [2.05, 4.69) is 36.1 Å². The van der Waals surface area contributed by atoms with Gasteiger partial charge in [0.2, 0.25) is 0 Å². The Bertz CT molecular complexity index is 300. The van der Waals surface area contributed by atoms with E-state index in [1.807, 2.05) is 0 Å².